The first kappa shape index (κ1) is 26.2. The van der Waals surface area contributed by atoms with Gasteiger partial charge in [0.05, 0.1) is 18.8 Å². The van der Waals surface area contributed by atoms with E-state index < -0.39 is 27.6 Å². The second-order valence-corrected chi connectivity index (χ2v) is 12.2. The zero-order valence-electron chi connectivity index (χ0n) is 20.5. The summed E-state index contributed by atoms with van der Waals surface area (Å²) in [6.07, 6.45) is -0.270. The van der Waals surface area contributed by atoms with Gasteiger partial charge in [0.2, 0.25) is 6.54 Å². The summed E-state index contributed by atoms with van der Waals surface area (Å²) >= 11 is 0. The molecule has 1 aliphatic heterocycles. The minimum atomic E-state index is -2.79. The Balaban J connectivity index is 3.17. The van der Waals surface area contributed by atoms with Crippen molar-refractivity contribution in [1.29, 1.82) is 0 Å². The molecule has 0 amide bonds. The molecule has 0 radical (unpaired) electrons. The molecule has 30 heavy (non-hydrogen) atoms. The highest BCUT2D eigenvalue weighted by molar-refractivity contribution is 7.58. The molecule has 0 saturated carbocycles. The molecule has 0 aromatic heterocycles. The van der Waals surface area contributed by atoms with E-state index in [0.29, 0.717) is 19.2 Å². The topological polar surface area (TPSA) is 70.8 Å². The molecule has 1 fully saturated rings. The monoisotopic (exact) mass is 467 g/mol. The van der Waals surface area contributed by atoms with Gasteiger partial charge in [0.15, 0.2) is 7.37 Å². The van der Waals surface area contributed by atoms with Crippen molar-refractivity contribution in [2.24, 2.45) is 0 Å². The van der Waals surface area contributed by atoms with Crippen LogP contribution in [0.15, 0.2) is 0 Å². The molecule has 1 saturated heterocycles. The van der Waals surface area contributed by atoms with Crippen LogP contribution in [-0.4, -0.2) is 80.9 Å². The fourth-order valence-electron chi connectivity index (χ4n) is 3.44. The van der Waals surface area contributed by atoms with Gasteiger partial charge in [-0.05, 0) is 47.9 Å². The van der Waals surface area contributed by atoms with E-state index in [1.54, 1.807) is 13.8 Å². The second kappa shape index (κ2) is 12.8. The molecule has 1 rings (SSSR count). The van der Waals surface area contributed by atoms with Crippen LogP contribution in [0.4, 0.5) is 0 Å². The van der Waals surface area contributed by atoms with Crippen LogP contribution in [-0.2, 0) is 27.6 Å². The van der Waals surface area contributed by atoms with Crippen molar-refractivity contribution in [2.45, 2.75) is 77.8 Å². The van der Waals surface area contributed by atoms with E-state index >= 15 is 0 Å². The summed E-state index contributed by atoms with van der Waals surface area (Å²) in [5, 5.41) is 0. The van der Waals surface area contributed by atoms with Gasteiger partial charge in [0.1, 0.15) is 18.8 Å². The van der Waals surface area contributed by atoms with Gasteiger partial charge in [-0.15, -0.1) is 0 Å². The summed E-state index contributed by atoms with van der Waals surface area (Å²) in [5.41, 5.74) is -0.965. The fourth-order valence-corrected chi connectivity index (χ4v) is 6.72. The summed E-state index contributed by atoms with van der Waals surface area (Å²) in [5.74, 6) is 0. The average Bonchev–Trinajstić information content (AvgIpc) is 3.04. The van der Waals surface area contributed by atoms with Crippen molar-refractivity contribution >= 4 is 15.9 Å². The predicted octanol–water partition coefficient (Wildman–Crippen LogP) is 4.79. The molecule has 176 valence electrons. The Morgan fingerprint density at radius 1 is 1.40 bits per heavy atom. The number of hydrogen-bond acceptors (Lipinski definition) is 7. The Morgan fingerprint density at radius 3 is 2.57 bits per heavy atom. The zero-order valence-corrected chi connectivity index (χ0v) is 21.3. The van der Waals surface area contributed by atoms with E-state index in [-0.39, 0.29) is 44.8 Å². The van der Waals surface area contributed by atoms with Gasteiger partial charge >= 0.3 is 0 Å². The summed E-state index contributed by atoms with van der Waals surface area (Å²) < 4.78 is 52.8. The Bertz CT molecular complexity index is 613. The van der Waals surface area contributed by atoms with Gasteiger partial charge in [0, 0.05) is 33.4 Å². The smallest absolute Gasteiger partial charge is 0.259 e. The third-order valence-electron chi connectivity index (χ3n) is 4.89. The highest BCUT2D eigenvalue weighted by atomic mass is 31.2. The molecule has 3 unspecified atom stereocenters. The van der Waals surface area contributed by atoms with Crippen molar-refractivity contribution < 1.29 is 29.0 Å². The minimum absolute atomic E-state index is 0.0573. The summed E-state index contributed by atoms with van der Waals surface area (Å²) in [6, 6.07) is 0.308. The quantitative estimate of drug-likeness (QED) is 0.207. The van der Waals surface area contributed by atoms with Crippen LogP contribution in [0.2, 0.25) is 0 Å². The molecule has 0 N–H and O–H groups in total. The summed E-state index contributed by atoms with van der Waals surface area (Å²) in [6.45, 7) is 19.9. The van der Waals surface area contributed by atoms with Crippen LogP contribution >= 0.6 is 15.9 Å². The molecule has 1 heterocycles. The van der Waals surface area contributed by atoms with E-state index in [9.17, 15) is 4.57 Å². The van der Waals surface area contributed by atoms with Crippen LogP contribution in [0.5, 0.6) is 0 Å². The lowest BCUT2D eigenvalue weighted by Gasteiger charge is -2.40. The number of ether oxygens (including phenoxy) is 2. The van der Waals surface area contributed by atoms with E-state index in [4.69, 9.17) is 31.0 Å². The van der Waals surface area contributed by atoms with Gasteiger partial charge in [-0.25, -0.2) is 11.2 Å². The van der Waals surface area contributed by atoms with Gasteiger partial charge in [0.25, 0.3) is 8.53 Å². The molecule has 0 aliphatic carbocycles. The van der Waals surface area contributed by atoms with E-state index in [2.05, 4.69) is 37.2 Å². The Morgan fingerprint density at radius 2 is 2.07 bits per heavy atom. The van der Waals surface area contributed by atoms with Crippen molar-refractivity contribution in [3.8, 4) is 0 Å². The van der Waals surface area contributed by atoms with E-state index in [1.807, 2.05) is 6.92 Å². The van der Waals surface area contributed by atoms with Crippen LogP contribution in [0.3, 0.4) is 0 Å². The maximum atomic E-state index is 12.7. The maximum Gasteiger partial charge on any atom is 0.259 e. The normalized spacial score (nSPS) is 28.0. The molecule has 5 atom stereocenters. The van der Waals surface area contributed by atoms with Gasteiger partial charge in [-0.1, -0.05) is 0 Å². The van der Waals surface area contributed by atoms with Crippen molar-refractivity contribution in [3.05, 3.63) is 11.4 Å². The summed E-state index contributed by atoms with van der Waals surface area (Å²) in [4.78, 5) is 3.38. The molecule has 0 spiro atoms. The van der Waals surface area contributed by atoms with Crippen LogP contribution < -0.4 is 0 Å². The highest BCUT2D eigenvalue weighted by Gasteiger charge is 2.50. The van der Waals surface area contributed by atoms with Crippen LogP contribution in [0.1, 0.15) is 49.3 Å². The van der Waals surface area contributed by atoms with Crippen molar-refractivity contribution in [2.75, 3.05) is 46.3 Å². The van der Waals surface area contributed by atoms with Gasteiger partial charge in [-0.2, -0.15) is 0 Å². The number of rotatable bonds is 14. The molecule has 1 aliphatic rings. The van der Waals surface area contributed by atoms with Gasteiger partial charge < -0.3 is 27.9 Å². The largest absolute Gasteiger partial charge is 0.376 e. The van der Waals surface area contributed by atoms with Gasteiger partial charge in [-0.3, -0.25) is 4.57 Å². The van der Waals surface area contributed by atoms with Crippen molar-refractivity contribution in [1.82, 2.24) is 4.67 Å². The SMILES string of the molecule is [2H]C[C@@]1(CCP(C)(=O)OCC)OCC(OC)[C@H]1OP(OCC[N+]#[C-])N(C(C)C)C(C)C. The second-order valence-electron chi connectivity index (χ2n) is 8.10. The first-order chi connectivity index (χ1) is 14.6. The molecular weight excluding hydrogens is 426 g/mol. The lowest BCUT2D eigenvalue weighted by molar-refractivity contribution is -0.0490. The Hall–Kier alpha value is -0.0900. The molecule has 0 aromatic carbocycles. The predicted molar refractivity (Wildman–Crippen MR) is 121 cm³/mol. The van der Waals surface area contributed by atoms with Crippen LogP contribution in [0, 0.1) is 6.57 Å². The third kappa shape index (κ3) is 8.11. The Kier molecular flexibility index (Phi) is 11.2. The summed E-state index contributed by atoms with van der Waals surface area (Å²) in [7, 11) is -2.72. The number of nitrogens with zero attached hydrogens (tertiary/aromatic N) is 2. The highest BCUT2D eigenvalue weighted by Crippen LogP contribution is 2.52. The fraction of sp³-hybridized carbons (Fsp3) is 0.950. The average molecular weight is 468 g/mol. The molecule has 10 heteroatoms. The van der Waals surface area contributed by atoms with E-state index in [0.717, 1.165) is 0 Å². The maximum absolute atomic E-state index is 12.7. The first-order valence-corrected chi connectivity index (χ1v) is 13.8. The van der Waals surface area contributed by atoms with Crippen molar-refractivity contribution in [3.63, 3.8) is 0 Å². The zero-order chi connectivity index (χ0) is 23.7. The van der Waals surface area contributed by atoms with Crippen LogP contribution in [0.25, 0.3) is 4.85 Å². The van der Waals surface area contributed by atoms with E-state index in [1.165, 1.54) is 0 Å². The number of methoxy groups -OCH3 is 1. The number of hydrogen-bond donors (Lipinski definition) is 0. The first-order valence-electron chi connectivity index (χ1n) is 11.2. The minimum Gasteiger partial charge on any atom is -0.376 e. The molecular formula is C20H40N2O6P2. The Labute approximate surface area is 185 Å². The standard InChI is InChI=1S/C20H40N2O6P2/c1-10-27-30(9,23)14-11-20(6)19(18(24-8)15-25-20)28-29(26-13-12-21-7)22(16(2)3)17(4)5/h16-19H,10-15H2,1-6,8-9H3/t18?,19-,20+,29?,30?/m1/s1/i6D. The molecule has 8 nitrogen and oxygen atoms in total. The lowest BCUT2D eigenvalue weighted by atomic mass is 9.95. The molecule has 0 aromatic rings. The third-order valence-corrected chi connectivity index (χ3v) is 8.84. The lowest BCUT2D eigenvalue weighted by Crippen LogP contribution is -2.45. The molecule has 0 bridgehead atoms.